The second kappa shape index (κ2) is 11.5. The van der Waals surface area contributed by atoms with E-state index < -0.39 is 14.9 Å². The standard InChI is InChI=1S/C26H29N3O6S2/c1-19-6-3-4-7-22(19)26-23-13-17-36-24(23)12-15-28(26)25(30)18-27(14-5-16-35-2)37(33,34)21-10-8-20(9-11-21)29(31)32/h3-4,6-11,13,17,26H,5,12,14-16,18H2,1-2H3. The molecule has 2 aromatic carbocycles. The van der Waals surface area contributed by atoms with Crippen molar-refractivity contribution in [2.24, 2.45) is 0 Å². The van der Waals surface area contributed by atoms with Crippen LogP contribution < -0.4 is 0 Å². The highest BCUT2D eigenvalue weighted by Gasteiger charge is 2.36. The number of hydrogen-bond acceptors (Lipinski definition) is 7. The predicted molar refractivity (Wildman–Crippen MR) is 141 cm³/mol. The number of hydrogen-bond donors (Lipinski definition) is 0. The molecule has 2 heterocycles. The van der Waals surface area contributed by atoms with Crippen LogP contribution in [0, 0.1) is 17.0 Å². The van der Waals surface area contributed by atoms with Crippen molar-refractivity contribution in [3.63, 3.8) is 0 Å². The Kier molecular flexibility index (Phi) is 8.38. The molecule has 0 saturated heterocycles. The van der Waals surface area contributed by atoms with Crippen molar-refractivity contribution in [2.75, 3.05) is 33.4 Å². The van der Waals surface area contributed by atoms with E-state index in [2.05, 4.69) is 0 Å². The van der Waals surface area contributed by atoms with Crippen LogP contribution in [0.1, 0.15) is 34.0 Å². The molecule has 1 atom stereocenters. The van der Waals surface area contributed by atoms with Gasteiger partial charge in [-0.1, -0.05) is 24.3 Å². The maximum atomic E-state index is 13.8. The average Bonchev–Trinajstić information content (AvgIpc) is 3.37. The van der Waals surface area contributed by atoms with Gasteiger partial charge in [-0.3, -0.25) is 14.9 Å². The van der Waals surface area contributed by atoms with Gasteiger partial charge >= 0.3 is 0 Å². The summed E-state index contributed by atoms with van der Waals surface area (Å²) in [5.41, 5.74) is 2.93. The number of thiophene rings is 1. The average molecular weight is 544 g/mol. The van der Waals surface area contributed by atoms with Crippen LogP contribution in [-0.2, 0) is 26.0 Å². The van der Waals surface area contributed by atoms with Crippen molar-refractivity contribution in [3.05, 3.63) is 91.7 Å². The van der Waals surface area contributed by atoms with Crippen LogP contribution in [0.15, 0.2) is 64.9 Å². The molecule has 0 bridgehead atoms. The summed E-state index contributed by atoms with van der Waals surface area (Å²) in [6, 6.07) is 14.4. The minimum absolute atomic E-state index is 0.0749. The molecule has 1 aromatic heterocycles. The molecular formula is C26H29N3O6S2. The Balaban J connectivity index is 1.65. The van der Waals surface area contributed by atoms with Crippen LogP contribution in [0.2, 0.25) is 0 Å². The largest absolute Gasteiger partial charge is 0.385 e. The van der Waals surface area contributed by atoms with Gasteiger partial charge in [0.25, 0.3) is 5.69 Å². The molecule has 1 aliphatic heterocycles. The van der Waals surface area contributed by atoms with Crippen LogP contribution in [0.5, 0.6) is 0 Å². The Hall–Kier alpha value is -3.12. The molecule has 0 spiro atoms. The number of nitrogens with zero attached hydrogens (tertiary/aromatic N) is 3. The summed E-state index contributed by atoms with van der Waals surface area (Å²) in [5.74, 6) is -0.298. The number of rotatable bonds is 10. The Morgan fingerprint density at radius 2 is 1.89 bits per heavy atom. The quantitative estimate of drug-likeness (QED) is 0.216. The molecule has 1 amide bonds. The Bertz CT molecular complexity index is 1370. The van der Waals surface area contributed by atoms with E-state index in [1.165, 1.54) is 24.1 Å². The van der Waals surface area contributed by atoms with Crippen LogP contribution in [0.3, 0.4) is 0 Å². The van der Waals surface area contributed by atoms with Gasteiger partial charge in [0.2, 0.25) is 15.9 Å². The summed E-state index contributed by atoms with van der Waals surface area (Å²) in [4.78, 5) is 27.1. The Labute approximate surface area is 220 Å². The molecule has 11 heteroatoms. The number of non-ortho nitro benzene ring substituents is 1. The lowest BCUT2D eigenvalue weighted by Crippen LogP contribution is -2.47. The zero-order chi connectivity index (χ0) is 26.6. The number of nitro groups is 1. The summed E-state index contributed by atoms with van der Waals surface area (Å²) >= 11 is 1.67. The topological polar surface area (TPSA) is 110 Å². The van der Waals surface area contributed by atoms with Crippen molar-refractivity contribution >= 4 is 33.0 Å². The molecular weight excluding hydrogens is 514 g/mol. The molecule has 0 fully saturated rings. The third kappa shape index (κ3) is 5.74. The number of methoxy groups -OCH3 is 1. The van der Waals surface area contributed by atoms with Gasteiger partial charge < -0.3 is 9.64 Å². The van der Waals surface area contributed by atoms with Gasteiger partial charge in [-0.25, -0.2) is 8.42 Å². The lowest BCUT2D eigenvalue weighted by Gasteiger charge is -2.38. The molecule has 1 aliphatic rings. The van der Waals surface area contributed by atoms with Gasteiger partial charge in [-0.15, -0.1) is 11.3 Å². The van der Waals surface area contributed by atoms with Crippen LogP contribution in [0.25, 0.3) is 0 Å². The van der Waals surface area contributed by atoms with E-state index in [0.717, 1.165) is 33.1 Å². The van der Waals surface area contributed by atoms with E-state index in [4.69, 9.17) is 4.74 Å². The van der Waals surface area contributed by atoms with Crippen molar-refractivity contribution in [2.45, 2.75) is 30.7 Å². The fraction of sp³-hybridized carbons (Fsp3) is 0.346. The normalized spacial score (nSPS) is 15.5. The molecule has 4 rings (SSSR count). The molecule has 37 heavy (non-hydrogen) atoms. The highest BCUT2D eigenvalue weighted by molar-refractivity contribution is 7.89. The van der Waals surface area contributed by atoms with Gasteiger partial charge in [-0.05, 0) is 60.0 Å². The summed E-state index contributed by atoms with van der Waals surface area (Å²) in [5, 5.41) is 13.0. The third-order valence-electron chi connectivity index (χ3n) is 6.52. The zero-order valence-electron chi connectivity index (χ0n) is 20.7. The number of carbonyl (C=O) groups is 1. The van der Waals surface area contributed by atoms with Crippen LogP contribution in [-0.4, -0.2) is 61.8 Å². The molecule has 1 unspecified atom stereocenters. The van der Waals surface area contributed by atoms with Gasteiger partial charge in [0.05, 0.1) is 22.4 Å². The van der Waals surface area contributed by atoms with Crippen molar-refractivity contribution < 1.29 is 22.9 Å². The fourth-order valence-electron chi connectivity index (χ4n) is 4.61. The summed E-state index contributed by atoms with van der Waals surface area (Å²) < 4.78 is 33.3. The number of amides is 1. The van der Waals surface area contributed by atoms with E-state index in [9.17, 15) is 23.3 Å². The second-order valence-corrected chi connectivity index (χ2v) is 11.8. The summed E-state index contributed by atoms with van der Waals surface area (Å²) in [6.07, 6.45) is 1.10. The van der Waals surface area contributed by atoms with Crippen LogP contribution >= 0.6 is 11.3 Å². The molecule has 0 N–H and O–H groups in total. The first kappa shape index (κ1) is 26.9. The number of ether oxygens (including phenoxy) is 1. The van der Waals surface area contributed by atoms with E-state index >= 15 is 0 Å². The maximum absolute atomic E-state index is 13.8. The number of carbonyl (C=O) groups excluding carboxylic acids is 1. The molecule has 196 valence electrons. The van der Waals surface area contributed by atoms with Gasteiger partial charge in [0.1, 0.15) is 0 Å². The maximum Gasteiger partial charge on any atom is 0.269 e. The minimum Gasteiger partial charge on any atom is -0.385 e. The van der Waals surface area contributed by atoms with Crippen molar-refractivity contribution in [3.8, 4) is 0 Å². The molecule has 0 radical (unpaired) electrons. The zero-order valence-corrected chi connectivity index (χ0v) is 22.3. The second-order valence-electron chi connectivity index (χ2n) is 8.83. The van der Waals surface area contributed by atoms with Gasteiger partial charge in [0, 0.05) is 43.8 Å². The van der Waals surface area contributed by atoms with E-state index in [1.807, 2.05) is 42.6 Å². The van der Waals surface area contributed by atoms with E-state index in [-0.39, 0.29) is 35.6 Å². The third-order valence-corrected chi connectivity index (χ3v) is 9.38. The van der Waals surface area contributed by atoms with E-state index in [1.54, 1.807) is 16.2 Å². The minimum atomic E-state index is -4.09. The lowest BCUT2D eigenvalue weighted by molar-refractivity contribution is -0.384. The van der Waals surface area contributed by atoms with E-state index in [0.29, 0.717) is 26.0 Å². The van der Waals surface area contributed by atoms with Crippen molar-refractivity contribution in [1.29, 1.82) is 0 Å². The number of benzene rings is 2. The van der Waals surface area contributed by atoms with Crippen molar-refractivity contribution in [1.82, 2.24) is 9.21 Å². The van der Waals surface area contributed by atoms with Gasteiger partial charge in [-0.2, -0.15) is 4.31 Å². The predicted octanol–water partition coefficient (Wildman–Crippen LogP) is 4.17. The number of sulfonamides is 1. The lowest BCUT2D eigenvalue weighted by atomic mass is 9.90. The van der Waals surface area contributed by atoms with Crippen LogP contribution in [0.4, 0.5) is 5.69 Å². The number of fused-ring (bicyclic) bond motifs is 1. The molecule has 3 aromatic rings. The first-order valence-corrected chi connectivity index (χ1v) is 14.2. The first-order valence-electron chi connectivity index (χ1n) is 11.9. The SMILES string of the molecule is COCCCN(CC(=O)N1CCc2sccc2C1c1ccccc1C)S(=O)(=O)c1ccc([N+](=O)[O-])cc1. The number of aryl methyl sites for hydroxylation is 1. The molecule has 9 nitrogen and oxygen atoms in total. The smallest absolute Gasteiger partial charge is 0.269 e. The highest BCUT2D eigenvalue weighted by Crippen LogP contribution is 2.39. The van der Waals surface area contributed by atoms with Gasteiger partial charge in [0.15, 0.2) is 0 Å². The number of nitro benzene ring substituents is 1. The highest BCUT2D eigenvalue weighted by atomic mass is 32.2. The Morgan fingerprint density at radius 3 is 2.57 bits per heavy atom. The monoisotopic (exact) mass is 543 g/mol. The summed E-state index contributed by atoms with van der Waals surface area (Å²) in [7, 11) is -2.56. The first-order chi connectivity index (χ1) is 17.7. The fourth-order valence-corrected chi connectivity index (χ4v) is 6.95. The Morgan fingerprint density at radius 1 is 1.16 bits per heavy atom. The summed E-state index contributed by atoms with van der Waals surface area (Å²) in [6.45, 7) is 2.55. The molecule has 0 aliphatic carbocycles. The molecule has 0 saturated carbocycles.